The summed E-state index contributed by atoms with van der Waals surface area (Å²) in [5.41, 5.74) is 5.60. The van der Waals surface area contributed by atoms with Crippen molar-refractivity contribution in [3.8, 4) is 34.0 Å². The summed E-state index contributed by atoms with van der Waals surface area (Å²) >= 11 is 1.67. The van der Waals surface area contributed by atoms with Crippen LogP contribution in [0.3, 0.4) is 0 Å². The summed E-state index contributed by atoms with van der Waals surface area (Å²) in [5.74, 6) is 1.10. The number of anilines is 1. The number of ether oxygens (including phenoxy) is 1. The summed E-state index contributed by atoms with van der Waals surface area (Å²) in [7, 11) is 0. The van der Waals surface area contributed by atoms with Crippen LogP contribution in [0.5, 0.6) is 5.75 Å². The van der Waals surface area contributed by atoms with Crippen molar-refractivity contribution >= 4 is 28.8 Å². The third kappa shape index (κ3) is 6.36. The highest BCUT2D eigenvalue weighted by Gasteiger charge is 2.31. The number of hydrogen-bond acceptors (Lipinski definition) is 6. The molecule has 5 aromatic rings. The number of para-hydroxylation sites is 1. The minimum atomic E-state index is -4.74. The quantitative estimate of drug-likeness (QED) is 0.147. The second-order valence-corrected chi connectivity index (χ2v) is 10.2. The molecule has 42 heavy (non-hydrogen) atoms. The summed E-state index contributed by atoms with van der Waals surface area (Å²) in [6, 6.07) is 31.6. The monoisotopic (exact) mass is 584 g/mol. The van der Waals surface area contributed by atoms with Crippen LogP contribution in [0.25, 0.3) is 28.2 Å². The topological polar surface area (TPSA) is 67.9 Å². The average molecular weight is 585 g/mol. The van der Waals surface area contributed by atoms with E-state index in [9.17, 15) is 13.2 Å². The number of aromatic nitrogens is 3. The first-order chi connectivity index (χ1) is 20.4. The van der Waals surface area contributed by atoms with Gasteiger partial charge in [0, 0.05) is 23.4 Å². The van der Waals surface area contributed by atoms with E-state index in [1.54, 1.807) is 18.0 Å². The van der Waals surface area contributed by atoms with Gasteiger partial charge in [-0.3, -0.25) is 0 Å². The molecule has 0 unspecified atom stereocenters. The van der Waals surface area contributed by atoms with Crippen LogP contribution in [0, 0.1) is 0 Å². The Balaban J connectivity index is 1.13. The van der Waals surface area contributed by atoms with Gasteiger partial charge >= 0.3 is 6.36 Å². The van der Waals surface area contributed by atoms with Gasteiger partial charge in [0.2, 0.25) is 0 Å². The van der Waals surface area contributed by atoms with E-state index in [1.165, 1.54) is 35.3 Å². The number of amidine groups is 1. The number of halogens is 3. The fourth-order valence-corrected chi connectivity index (χ4v) is 5.37. The van der Waals surface area contributed by atoms with Gasteiger partial charge in [0.15, 0.2) is 11.0 Å². The minimum absolute atomic E-state index is 0.301. The Hall–Kier alpha value is -4.90. The van der Waals surface area contributed by atoms with Crippen molar-refractivity contribution in [3.63, 3.8) is 0 Å². The Morgan fingerprint density at radius 2 is 1.57 bits per heavy atom. The maximum atomic E-state index is 12.4. The van der Waals surface area contributed by atoms with E-state index in [1.807, 2.05) is 54.6 Å². The second kappa shape index (κ2) is 11.9. The van der Waals surface area contributed by atoms with Crippen LogP contribution in [0.15, 0.2) is 120 Å². The van der Waals surface area contributed by atoms with E-state index < -0.39 is 6.36 Å². The number of alkyl halides is 3. The molecule has 0 radical (unpaired) electrons. The highest BCUT2D eigenvalue weighted by Crippen LogP contribution is 2.34. The average Bonchev–Trinajstić information content (AvgIpc) is 3.68. The van der Waals surface area contributed by atoms with Gasteiger partial charge in [0.25, 0.3) is 0 Å². The summed E-state index contributed by atoms with van der Waals surface area (Å²) in [6.45, 7) is 0.850. The summed E-state index contributed by atoms with van der Waals surface area (Å²) < 4.78 is 42.6. The molecule has 0 bridgehead atoms. The van der Waals surface area contributed by atoms with Crippen molar-refractivity contribution in [1.82, 2.24) is 14.8 Å². The molecule has 4 aromatic carbocycles. The molecule has 1 aliphatic heterocycles. The summed E-state index contributed by atoms with van der Waals surface area (Å²) in [6.07, 6.45) is -1.54. The van der Waals surface area contributed by atoms with Crippen LogP contribution in [0.1, 0.15) is 5.56 Å². The first-order valence-corrected chi connectivity index (χ1v) is 14.0. The van der Waals surface area contributed by atoms with E-state index in [-0.39, 0.29) is 5.75 Å². The van der Waals surface area contributed by atoms with E-state index in [0.29, 0.717) is 11.5 Å². The van der Waals surface area contributed by atoms with Gasteiger partial charge < -0.3 is 9.64 Å². The molecule has 0 atom stereocenters. The van der Waals surface area contributed by atoms with E-state index in [2.05, 4.69) is 54.2 Å². The highest BCUT2D eigenvalue weighted by molar-refractivity contribution is 8.14. The molecule has 2 heterocycles. The van der Waals surface area contributed by atoms with Crippen LogP contribution in [0.2, 0.25) is 0 Å². The first kappa shape index (κ1) is 27.3. The van der Waals surface area contributed by atoms with Gasteiger partial charge in [-0.1, -0.05) is 84.6 Å². The zero-order valence-electron chi connectivity index (χ0n) is 22.0. The predicted molar refractivity (Wildman–Crippen MR) is 160 cm³/mol. The third-order valence-electron chi connectivity index (χ3n) is 6.40. The Labute approximate surface area is 244 Å². The molecule has 0 saturated carbocycles. The molecule has 0 spiro atoms. The second-order valence-electron chi connectivity index (χ2n) is 9.19. The molecule has 0 amide bonds. The van der Waals surface area contributed by atoms with Crippen molar-refractivity contribution in [2.75, 3.05) is 17.2 Å². The van der Waals surface area contributed by atoms with Crippen LogP contribution >= 0.6 is 11.8 Å². The van der Waals surface area contributed by atoms with Gasteiger partial charge in [-0.25, -0.2) is 9.67 Å². The van der Waals surface area contributed by atoms with Crippen molar-refractivity contribution < 1.29 is 17.9 Å². The van der Waals surface area contributed by atoms with Gasteiger partial charge in [0.05, 0.1) is 17.6 Å². The number of rotatable bonds is 7. The van der Waals surface area contributed by atoms with Crippen molar-refractivity contribution in [1.29, 1.82) is 0 Å². The summed E-state index contributed by atoms with van der Waals surface area (Å²) in [5, 5.41) is 14.2. The van der Waals surface area contributed by atoms with Crippen LogP contribution < -0.4 is 9.64 Å². The van der Waals surface area contributed by atoms with Crippen molar-refractivity contribution in [2.45, 2.75) is 6.36 Å². The van der Waals surface area contributed by atoms with Crippen LogP contribution in [0.4, 0.5) is 18.9 Å². The van der Waals surface area contributed by atoms with E-state index in [0.717, 1.165) is 45.4 Å². The third-order valence-corrected chi connectivity index (χ3v) is 7.35. The largest absolute Gasteiger partial charge is 0.573 e. The lowest BCUT2D eigenvalue weighted by Crippen LogP contribution is -2.24. The Morgan fingerprint density at radius 1 is 0.833 bits per heavy atom. The lowest BCUT2D eigenvalue weighted by atomic mass is 10.0. The van der Waals surface area contributed by atoms with Gasteiger partial charge in [-0.05, 0) is 41.5 Å². The van der Waals surface area contributed by atoms with Crippen molar-refractivity contribution in [2.24, 2.45) is 10.2 Å². The molecule has 0 N–H and O–H groups in total. The molecular weight excluding hydrogens is 561 g/mol. The fourth-order valence-electron chi connectivity index (χ4n) is 4.46. The molecule has 210 valence electrons. The Kier molecular flexibility index (Phi) is 7.74. The molecule has 1 aromatic heterocycles. The molecule has 6 rings (SSSR count). The van der Waals surface area contributed by atoms with E-state index >= 15 is 0 Å². The molecule has 11 heteroatoms. The predicted octanol–water partition coefficient (Wildman–Crippen LogP) is 7.44. The lowest BCUT2D eigenvalue weighted by molar-refractivity contribution is -0.274. The Bertz CT molecular complexity index is 1720. The minimum Gasteiger partial charge on any atom is -0.406 e. The van der Waals surface area contributed by atoms with E-state index in [4.69, 9.17) is 0 Å². The molecule has 1 fully saturated rings. The van der Waals surface area contributed by atoms with Gasteiger partial charge in [0.1, 0.15) is 12.1 Å². The molecule has 0 aliphatic carbocycles. The van der Waals surface area contributed by atoms with Crippen molar-refractivity contribution in [3.05, 3.63) is 115 Å². The standard InChI is InChI=1S/C31H23F3N6OS/c32-31(33,34)41-26-16-14-25(15-17-26)40-21-35-29(38-40)24-12-10-22(11-13-24)20-36-37-30-39(18-19-42-30)28-9-5-4-8-27(28)23-6-2-1-3-7-23/h1-17,20-21H,18-19H2/b36-20+,37-30-. The number of hydrogen-bond donors (Lipinski definition) is 0. The maximum absolute atomic E-state index is 12.4. The van der Waals surface area contributed by atoms with Gasteiger partial charge in [-0.2, -0.15) is 5.10 Å². The zero-order valence-corrected chi connectivity index (χ0v) is 22.8. The fraction of sp³-hybridized carbons (Fsp3) is 0.0968. The van der Waals surface area contributed by atoms with Crippen LogP contribution in [-0.2, 0) is 0 Å². The number of benzene rings is 4. The normalized spacial score (nSPS) is 14.6. The molecule has 7 nitrogen and oxygen atoms in total. The van der Waals surface area contributed by atoms with Crippen LogP contribution in [-0.4, -0.2) is 44.8 Å². The van der Waals surface area contributed by atoms with Gasteiger partial charge in [-0.15, -0.1) is 23.4 Å². The first-order valence-electron chi connectivity index (χ1n) is 13.0. The number of nitrogens with zero attached hydrogens (tertiary/aromatic N) is 6. The molecular formula is C31H23F3N6OS. The lowest BCUT2D eigenvalue weighted by Gasteiger charge is -2.21. The zero-order chi connectivity index (χ0) is 28.9. The smallest absolute Gasteiger partial charge is 0.406 e. The summed E-state index contributed by atoms with van der Waals surface area (Å²) in [4.78, 5) is 6.53. The maximum Gasteiger partial charge on any atom is 0.573 e. The SMILES string of the molecule is FC(F)(F)Oc1ccc(-n2cnc(-c3ccc(/C=N/N=C4\SCCN4c4ccccc4-c4ccccc4)cc3)n2)cc1. The highest BCUT2D eigenvalue weighted by atomic mass is 32.2. The Morgan fingerprint density at radius 3 is 2.33 bits per heavy atom. The number of thioether (sulfide) groups is 1. The molecule has 1 saturated heterocycles. The molecule has 1 aliphatic rings.